The van der Waals surface area contributed by atoms with E-state index in [-0.39, 0.29) is 5.92 Å². The minimum atomic E-state index is -0.662. The normalized spacial score (nSPS) is 26.6. The van der Waals surface area contributed by atoms with Crippen molar-refractivity contribution in [1.29, 1.82) is 0 Å². The minimum absolute atomic E-state index is 0.286. The van der Waals surface area contributed by atoms with Crippen LogP contribution < -0.4 is 0 Å². The van der Waals surface area contributed by atoms with E-state index in [0.29, 0.717) is 18.4 Å². The zero-order valence-corrected chi connectivity index (χ0v) is 17.3. The largest absolute Gasteiger partial charge is 0.481 e. The predicted octanol–water partition coefficient (Wildman–Crippen LogP) is 5.97. The average molecular weight is 392 g/mol. The molecule has 0 spiro atoms. The van der Waals surface area contributed by atoms with Crippen molar-refractivity contribution in [2.75, 3.05) is 13.1 Å². The van der Waals surface area contributed by atoms with Crippen LogP contribution in [-0.4, -0.2) is 35.1 Å². The maximum absolute atomic E-state index is 11.3. The van der Waals surface area contributed by atoms with Crippen LogP contribution >= 0.6 is 11.6 Å². The average Bonchev–Trinajstić information content (AvgIpc) is 3.15. The van der Waals surface area contributed by atoms with Gasteiger partial charge in [-0.2, -0.15) is 0 Å². The van der Waals surface area contributed by atoms with Crippen molar-refractivity contribution in [3.05, 3.63) is 34.9 Å². The third kappa shape index (κ3) is 5.71. The Balaban J connectivity index is 1.80. The molecule has 27 heavy (non-hydrogen) atoms. The van der Waals surface area contributed by atoms with Crippen LogP contribution in [0.5, 0.6) is 0 Å². The summed E-state index contributed by atoms with van der Waals surface area (Å²) in [6.45, 7) is 4.63. The van der Waals surface area contributed by atoms with Gasteiger partial charge in [0.05, 0.1) is 0 Å². The van der Waals surface area contributed by atoms with Gasteiger partial charge in [-0.05, 0) is 80.5 Å². The van der Waals surface area contributed by atoms with Crippen LogP contribution in [0.15, 0.2) is 24.3 Å². The SMILES string of the molecule is CCCN(CC1CCCC1)[C@@H]1CC[C@@H](CC(=O)O)C[C@H]1c1ccc(Cl)cc1. The summed E-state index contributed by atoms with van der Waals surface area (Å²) in [5, 5.41) is 10.0. The first kappa shape index (κ1) is 20.7. The summed E-state index contributed by atoms with van der Waals surface area (Å²) in [5.74, 6) is 0.881. The smallest absolute Gasteiger partial charge is 0.303 e. The molecule has 1 aromatic rings. The molecule has 0 radical (unpaired) electrons. The van der Waals surface area contributed by atoms with Gasteiger partial charge in [-0.25, -0.2) is 0 Å². The van der Waals surface area contributed by atoms with Gasteiger partial charge in [0.2, 0.25) is 0 Å². The van der Waals surface area contributed by atoms with Crippen molar-refractivity contribution in [2.45, 2.75) is 76.7 Å². The molecule has 0 heterocycles. The van der Waals surface area contributed by atoms with Gasteiger partial charge in [-0.1, -0.05) is 43.5 Å². The second-order valence-corrected chi connectivity index (χ2v) is 9.08. The van der Waals surface area contributed by atoms with E-state index in [9.17, 15) is 9.90 Å². The maximum Gasteiger partial charge on any atom is 0.303 e. The molecule has 0 amide bonds. The molecule has 2 aliphatic carbocycles. The zero-order chi connectivity index (χ0) is 19.2. The third-order valence-corrected chi connectivity index (χ3v) is 6.88. The molecule has 3 nitrogen and oxygen atoms in total. The van der Waals surface area contributed by atoms with E-state index in [4.69, 9.17) is 11.6 Å². The molecule has 4 heteroatoms. The van der Waals surface area contributed by atoms with E-state index in [2.05, 4.69) is 24.0 Å². The minimum Gasteiger partial charge on any atom is -0.481 e. The van der Waals surface area contributed by atoms with Crippen LogP contribution in [0.1, 0.15) is 76.2 Å². The summed E-state index contributed by atoms with van der Waals surface area (Å²) >= 11 is 6.12. The van der Waals surface area contributed by atoms with E-state index < -0.39 is 5.97 Å². The molecule has 0 aliphatic heterocycles. The summed E-state index contributed by atoms with van der Waals surface area (Å²) < 4.78 is 0. The second-order valence-electron chi connectivity index (χ2n) is 8.65. The molecular weight excluding hydrogens is 358 g/mol. The first-order valence-electron chi connectivity index (χ1n) is 10.8. The van der Waals surface area contributed by atoms with Crippen molar-refractivity contribution < 1.29 is 9.90 Å². The van der Waals surface area contributed by atoms with Crippen LogP contribution in [0, 0.1) is 11.8 Å². The van der Waals surface area contributed by atoms with Crippen LogP contribution in [0.25, 0.3) is 0 Å². The van der Waals surface area contributed by atoms with Gasteiger partial charge in [0.25, 0.3) is 0 Å². The van der Waals surface area contributed by atoms with E-state index in [1.54, 1.807) is 0 Å². The Labute approximate surface area is 169 Å². The Morgan fingerprint density at radius 1 is 1.11 bits per heavy atom. The van der Waals surface area contributed by atoms with Gasteiger partial charge in [-0.3, -0.25) is 9.69 Å². The van der Waals surface area contributed by atoms with Gasteiger partial charge in [0.15, 0.2) is 0 Å². The highest BCUT2D eigenvalue weighted by Crippen LogP contribution is 2.41. The van der Waals surface area contributed by atoms with E-state index in [1.165, 1.54) is 44.2 Å². The first-order valence-corrected chi connectivity index (χ1v) is 11.2. The summed E-state index contributed by atoms with van der Waals surface area (Å²) in [6.07, 6.45) is 10.1. The van der Waals surface area contributed by atoms with Crippen molar-refractivity contribution in [3.63, 3.8) is 0 Å². The standard InChI is InChI=1S/C23H34ClNO2/c1-2-13-25(16-17-5-3-4-6-17)22-12-7-18(15-23(26)27)14-21(22)19-8-10-20(24)11-9-19/h8-11,17-18,21-22H,2-7,12-16H2,1H3,(H,26,27)/t18-,21+,22-/m1/s1. The van der Waals surface area contributed by atoms with Crippen LogP contribution in [0.3, 0.4) is 0 Å². The number of carboxylic acid groups (broad SMARTS) is 1. The molecule has 150 valence electrons. The number of aliphatic carboxylic acids is 1. The lowest BCUT2D eigenvalue weighted by atomic mass is 9.73. The number of benzene rings is 1. The van der Waals surface area contributed by atoms with Crippen LogP contribution in [0.2, 0.25) is 5.02 Å². The number of nitrogens with zero attached hydrogens (tertiary/aromatic N) is 1. The van der Waals surface area contributed by atoms with Gasteiger partial charge < -0.3 is 5.11 Å². The van der Waals surface area contributed by atoms with Gasteiger partial charge in [0.1, 0.15) is 0 Å². The van der Waals surface area contributed by atoms with E-state index in [1.807, 2.05) is 12.1 Å². The molecule has 0 aromatic heterocycles. The molecule has 2 fully saturated rings. The highest BCUT2D eigenvalue weighted by molar-refractivity contribution is 6.30. The lowest BCUT2D eigenvalue weighted by molar-refractivity contribution is -0.138. The second kappa shape index (κ2) is 9.93. The summed E-state index contributed by atoms with van der Waals surface area (Å²) in [7, 11) is 0. The van der Waals surface area contributed by atoms with Gasteiger partial charge in [0, 0.05) is 24.0 Å². The van der Waals surface area contributed by atoms with Gasteiger partial charge in [-0.15, -0.1) is 0 Å². The molecule has 0 bridgehead atoms. The number of halogens is 1. The Kier molecular flexibility index (Phi) is 7.60. The fraction of sp³-hybridized carbons (Fsp3) is 0.696. The Morgan fingerprint density at radius 2 is 1.81 bits per heavy atom. The van der Waals surface area contributed by atoms with Crippen LogP contribution in [-0.2, 0) is 4.79 Å². The van der Waals surface area contributed by atoms with Gasteiger partial charge >= 0.3 is 5.97 Å². The molecule has 1 N–H and O–H groups in total. The summed E-state index contributed by atoms with van der Waals surface area (Å²) in [5.41, 5.74) is 1.33. The maximum atomic E-state index is 11.3. The highest BCUT2D eigenvalue weighted by Gasteiger charge is 2.36. The molecule has 2 saturated carbocycles. The lowest BCUT2D eigenvalue weighted by Gasteiger charge is -2.43. The fourth-order valence-electron chi connectivity index (χ4n) is 5.38. The first-order chi connectivity index (χ1) is 13.1. The molecule has 0 saturated heterocycles. The predicted molar refractivity (Wildman–Crippen MR) is 111 cm³/mol. The number of carbonyl (C=O) groups is 1. The quantitative estimate of drug-likeness (QED) is 0.593. The Bertz CT molecular complexity index is 597. The zero-order valence-electron chi connectivity index (χ0n) is 16.6. The lowest BCUT2D eigenvalue weighted by Crippen LogP contribution is -2.45. The topological polar surface area (TPSA) is 40.5 Å². The number of hydrogen-bond donors (Lipinski definition) is 1. The molecule has 2 aliphatic rings. The monoisotopic (exact) mass is 391 g/mol. The number of carboxylic acids is 1. The van der Waals surface area contributed by atoms with Crippen molar-refractivity contribution in [1.82, 2.24) is 4.90 Å². The Hall–Kier alpha value is -1.06. The van der Waals surface area contributed by atoms with Crippen molar-refractivity contribution in [3.8, 4) is 0 Å². The molecule has 3 rings (SSSR count). The van der Waals surface area contributed by atoms with E-state index in [0.717, 1.165) is 36.7 Å². The highest BCUT2D eigenvalue weighted by atomic mass is 35.5. The number of hydrogen-bond acceptors (Lipinski definition) is 2. The van der Waals surface area contributed by atoms with Crippen molar-refractivity contribution in [2.24, 2.45) is 11.8 Å². The third-order valence-electron chi connectivity index (χ3n) is 6.63. The number of rotatable bonds is 8. The molecule has 3 atom stereocenters. The van der Waals surface area contributed by atoms with Crippen molar-refractivity contribution >= 4 is 17.6 Å². The van der Waals surface area contributed by atoms with Crippen LogP contribution in [0.4, 0.5) is 0 Å². The molecular formula is C23H34ClNO2. The van der Waals surface area contributed by atoms with E-state index >= 15 is 0 Å². The Morgan fingerprint density at radius 3 is 2.44 bits per heavy atom. The molecule has 1 aromatic carbocycles. The summed E-state index contributed by atoms with van der Waals surface area (Å²) in [6, 6.07) is 8.80. The summed E-state index contributed by atoms with van der Waals surface area (Å²) in [4.78, 5) is 14.0. The molecule has 0 unspecified atom stereocenters. The fourth-order valence-corrected chi connectivity index (χ4v) is 5.51.